The molecule has 1 heterocycles. The third-order valence-corrected chi connectivity index (χ3v) is 3.14. The molecule has 0 spiro atoms. The van der Waals surface area contributed by atoms with E-state index in [1.807, 2.05) is 17.7 Å². The molecule has 0 saturated carbocycles. The Morgan fingerprint density at radius 2 is 2.21 bits per heavy atom. The number of nitrogens with zero attached hydrogens (tertiary/aromatic N) is 3. The maximum Gasteiger partial charge on any atom is 0.138 e. The Morgan fingerprint density at radius 3 is 2.89 bits per heavy atom. The highest BCUT2D eigenvalue weighted by molar-refractivity contribution is 5.25. The molecule has 19 heavy (non-hydrogen) atoms. The van der Waals surface area contributed by atoms with Gasteiger partial charge in [-0.15, -0.1) is 0 Å². The van der Waals surface area contributed by atoms with E-state index in [9.17, 15) is 4.39 Å². The van der Waals surface area contributed by atoms with Crippen molar-refractivity contribution in [2.75, 3.05) is 0 Å². The van der Waals surface area contributed by atoms with Crippen molar-refractivity contribution in [2.45, 2.75) is 38.8 Å². The molecule has 0 aliphatic heterocycles. The fraction of sp³-hybridized carbons (Fsp3) is 0.429. The number of hydrogen-bond donors (Lipinski definition) is 1. The van der Waals surface area contributed by atoms with Gasteiger partial charge < -0.3 is 5.73 Å². The van der Waals surface area contributed by atoms with Crippen molar-refractivity contribution in [1.82, 2.24) is 14.8 Å². The molecule has 1 aromatic carbocycles. The minimum Gasteiger partial charge on any atom is -0.321 e. The third-order valence-electron chi connectivity index (χ3n) is 3.14. The summed E-state index contributed by atoms with van der Waals surface area (Å²) in [4.78, 5) is 4.25. The van der Waals surface area contributed by atoms with Crippen molar-refractivity contribution >= 4 is 0 Å². The number of rotatable bonds is 5. The predicted octanol–water partition coefficient (Wildman–Crippen LogP) is 2.24. The monoisotopic (exact) mass is 262 g/mol. The highest BCUT2D eigenvalue weighted by Crippen LogP contribution is 2.22. The smallest absolute Gasteiger partial charge is 0.138 e. The zero-order valence-corrected chi connectivity index (χ0v) is 11.3. The van der Waals surface area contributed by atoms with Gasteiger partial charge in [-0.3, -0.25) is 4.68 Å². The molecule has 1 aromatic heterocycles. The van der Waals surface area contributed by atoms with Crippen LogP contribution in [0.4, 0.5) is 4.39 Å². The summed E-state index contributed by atoms with van der Waals surface area (Å²) in [6.07, 6.45) is 3.04. The van der Waals surface area contributed by atoms with Gasteiger partial charge in [-0.2, -0.15) is 5.10 Å². The largest absolute Gasteiger partial charge is 0.321 e. The molecule has 0 radical (unpaired) electrons. The van der Waals surface area contributed by atoms with Gasteiger partial charge in [0.25, 0.3) is 0 Å². The Hall–Kier alpha value is -1.75. The van der Waals surface area contributed by atoms with Crippen molar-refractivity contribution in [2.24, 2.45) is 5.73 Å². The lowest BCUT2D eigenvalue weighted by Crippen LogP contribution is -2.36. The van der Waals surface area contributed by atoms with E-state index in [2.05, 4.69) is 17.0 Å². The molecule has 0 saturated heterocycles. The zero-order valence-electron chi connectivity index (χ0n) is 11.3. The molecule has 2 N–H and O–H groups in total. The van der Waals surface area contributed by atoms with Gasteiger partial charge in [0.05, 0.1) is 0 Å². The van der Waals surface area contributed by atoms with Gasteiger partial charge in [0.2, 0.25) is 0 Å². The van der Waals surface area contributed by atoms with Crippen LogP contribution in [0.2, 0.25) is 0 Å². The van der Waals surface area contributed by atoms with Crippen molar-refractivity contribution < 1.29 is 4.39 Å². The van der Waals surface area contributed by atoms with Crippen LogP contribution in [0.1, 0.15) is 31.7 Å². The fourth-order valence-electron chi connectivity index (χ4n) is 2.10. The molecule has 0 fully saturated rings. The number of aryl methyl sites for hydroxylation is 1. The van der Waals surface area contributed by atoms with Gasteiger partial charge in [0.15, 0.2) is 0 Å². The SMILES string of the molecule is CCCn1ncnc1CC(C)(N)c1cccc(F)c1. The number of benzene rings is 1. The maximum absolute atomic E-state index is 13.3. The normalized spacial score (nSPS) is 14.3. The lowest BCUT2D eigenvalue weighted by Gasteiger charge is -2.25. The van der Waals surface area contributed by atoms with Gasteiger partial charge in [0, 0.05) is 18.5 Å². The molecule has 1 atom stereocenters. The van der Waals surface area contributed by atoms with E-state index >= 15 is 0 Å². The molecular formula is C14H19FN4. The van der Waals surface area contributed by atoms with Crippen LogP contribution in [0, 0.1) is 5.82 Å². The molecule has 2 aromatic rings. The molecule has 2 rings (SSSR count). The number of aromatic nitrogens is 3. The Balaban J connectivity index is 2.23. The summed E-state index contributed by atoms with van der Waals surface area (Å²) in [5.41, 5.74) is 6.41. The second-order valence-corrected chi connectivity index (χ2v) is 5.00. The van der Waals surface area contributed by atoms with Crippen LogP contribution < -0.4 is 5.73 Å². The van der Waals surface area contributed by atoms with Crippen LogP contribution in [0.3, 0.4) is 0 Å². The summed E-state index contributed by atoms with van der Waals surface area (Å²) in [5, 5.41) is 4.18. The van der Waals surface area contributed by atoms with Crippen LogP contribution in [0.25, 0.3) is 0 Å². The molecule has 0 aliphatic rings. The first-order valence-corrected chi connectivity index (χ1v) is 6.44. The lowest BCUT2D eigenvalue weighted by molar-refractivity contribution is 0.448. The standard InChI is InChI=1S/C14H19FN4/c1-3-7-19-13(17-10-18-19)9-14(2,16)11-5-4-6-12(15)8-11/h4-6,8,10H,3,7,9,16H2,1-2H3. The molecule has 1 unspecified atom stereocenters. The van der Waals surface area contributed by atoms with Crippen LogP contribution >= 0.6 is 0 Å². The zero-order chi connectivity index (χ0) is 13.9. The number of hydrogen-bond acceptors (Lipinski definition) is 3. The third kappa shape index (κ3) is 3.17. The highest BCUT2D eigenvalue weighted by atomic mass is 19.1. The van der Waals surface area contributed by atoms with E-state index in [4.69, 9.17) is 5.73 Å². The quantitative estimate of drug-likeness (QED) is 0.899. The number of halogens is 1. The van der Waals surface area contributed by atoms with E-state index in [0.29, 0.717) is 6.42 Å². The Kier molecular flexibility index (Phi) is 3.95. The molecular weight excluding hydrogens is 243 g/mol. The van der Waals surface area contributed by atoms with Gasteiger partial charge in [-0.1, -0.05) is 19.1 Å². The van der Waals surface area contributed by atoms with E-state index in [1.54, 1.807) is 6.07 Å². The molecule has 5 heteroatoms. The molecule has 0 aliphatic carbocycles. The van der Waals surface area contributed by atoms with Gasteiger partial charge >= 0.3 is 0 Å². The number of nitrogens with two attached hydrogens (primary N) is 1. The van der Waals surface area contributed by atoms with Gasteiger partial charge in [-0.05, 0) is 31.0 Å². The summed E-state index contributed by atoms with van der Waals surface area (Å²) >= 11 is 0. The maximum atomic E-state index is 13.3. The van der Waals surface area contributed by atoms with Crippen LogP contribution in [0.15, 0.2) is 30.6 Å². The minimum absolute atomic E-state index is 0.274. The molecule has 0 amide bonds. The van der Waals surface area contributed by atoms with Crippen molar-refractivity contribution in [1.29, 1.82) is 0 Å². The summed E-state index contributed by atoms with van der Waals surface area (Å²) in [5.74, 6) is 0.556. The first kappa shape index (κ1) is 13.7. The van der Waals surface area contributed by atoms with E-state index in [1.165, 1.54) is 18.5 Å². The Bertz CT molecular complexity index is 548. The summed E-state index contributed by atoms with van der Waals surface area (Å²) in [6.45, 7) is 4.78. The van der Waals surface area contributed by atoms with E-state index < -0.39 is 5.54 Å². The van der Waals surface area contributed by atoms with Gasteiger partial charge in [-0.25, -0.2) is 9.37 Å². The average molecular weight is 262 g/mol. The summed E-state index contributed by atoms with van der Waals surface area (Å²) < 4.78 is 15.1. The lowest BCUT2D eigenvalue weighted by atomic mass is 9.89. The minimum atomic E-state index is -0.666. The average Bonchev–Trinajstić information content (AvgIpc) is 2.76. The highest BCUT2D eigenvalue weighted by Gasteiger charge is 2.24. The van der Waals surface area contributed by atoms with Gasteiger partial charge in [0.1, 0.15) is 18.0 Å². The second-order valence-electron chi connectivity index (χ2n) is 5.00. The van der Waals surface area contributed by atoms with Crippen molar-refractivity contribution in [3.63, 3.8) is 0 Å². The second kappa shape index (κ2) is 5.48. The first-order valence-electron chi connectivity index (χ1n) is 6.44. The Morgan fingerprint density at radius 1 is 1.42 bits per heavy atom. The van der Waals surface area contributed by atoms with Crippen molar-refractivity contribution in [3.05, 3.63) is 47.8 Å². The first-order chi connectivity index (χ1) is 9.03. The van der Waals surface area contributed by atoms with Crippen molar-refractivity contribution in [3.8, 4) is 0 Å². The van der Waals surface area contributed by atoms with E-state index in [0.717, 1.165) is 24.4 Å². The van der Waals surface area contributed by atoms with Crippen LogP contribution in [-0.2, 0) is 18.5 Å². The molecule has 4 nitrogen and oxygen atoms in total. The molecule has 0 bridgehead atoms. The van der Waals surface area contributed by atoms with Crippen LogP contribution in [0.5, 0.6) is 0 Å². The van der Waals surface area contributed by atoms with Crippen LogP contribution in [-0.4, -0.2) is 14.8 Å². The topological polar surface area (TPSA) is 56.7 Å². The summed E-state index contributed by atoms with van der Waals surface area (Å²) in [6, 6.07) is 6.40. The summed E-state index contributed by atoms with van der Waals surface area (Å²) in [7, 11) is 0. The van der Waals surface area contributed by atoms with E-state index in [-0.39, 0.29) is 5.82 Å². The fourth-order valence-corrected chi connectivity index (χ4v) is 2.10. The predicted molar refractivity (Wildman–Crippen MR) is 72.0 cm³/mol. The molecule has 102 valence electrons. The Labute approximate surface area is 112 Å².